The van der Waals surface area contributed by atoms with Crippen LogP contribution in [0.4, 0.5) is 0 Å². The molecule has 72 valence electrons. The van der Waals surface area contributed by atoms with Gasteiger partial charge >= 0.3 is 0 Å². The van der Waals surface area contributed by atoms with Crippen LogP contribution in [0, 0.1) is 0 Å². The molecule has 0 unspecified atom stereocenters. The van der Waals surface area contributed by atoms with Gasteiger partial charge in [0, 0.05) is 10.6 Å². The molecule has 0 spiro atoms. The van der Waals surface area contributed by atoms with Crippen molar-refractivity contribution in [3.63, 3.8) is 0 Å². The third-order valence-corrected chi connectivity index (χ3v) is 2.49. The van der Waals surface area contributed by atoms with Crippen LogP contribution in [0.1, 0.15) is 0 Å². The summed E-state index contributed by atoms with van der Waals surface area (Å²) in [6.45, 7) is 0. The summed E-state index contributed by atoms with van der Waals surface area (Å²) in [4.78, 5) is 0. The molecule has 1 heterocycles. The monoisotopic (exact) mass is 291 g/mol. The molecule has 0 amide bonds. The van der Waals surface area contributed by atoms with Crippen LogP contribution < -0.4 is 0 Å². The molecule has 0 saturated heterocycles. The standard InChI is InChI=1S/C8H4BrCl2N3/c9-14-12-7(8(11)13-14)5-1-3-6(10)4-2-5/h1-4H. The number of nitrogens with zero attached hydrogens (tertiary/aromatic N) is 3. The van der Waals surface area contributed by atoms with Crippen molar-refractivity contribution in [1.82, 2.24) is 14.0 Å². The van der Waals surface area contributed by atoms with Gasteiger partial charge in [-0.3, -0.25) is 0 Å². The maximum atomic E-state index is 5.86. The lowest BCUT2D eigenvalue weighted by Crippen LogP contribution is -1.83. The van der Waals surface area contributed by atoms with E-state index >= 15 is 0 Å². The first-order chi connectivity index (χ1) is 6.66. The largest absolute Gasteiger partial charge is 0.180 e. The van der Waals surface area contributed by atoms with Crippen LogP contribution in [0.25, 0.3) is 11.3 Å². The predicted octanol–water partition coefficient (Wildman–Crippen LogP) is 3.41. The lowest BCUT2D eigenvalue weighted by molar-refractivity contribution is 0.886. The van der Waals surface area contributed by atoms with Crippen molar-refractivity contribution in [1.29, 1.82) is 0 Å². The second-order valence-corrected chi connectivity index (χ2v) is 4.02. The molecule has 0 fully saturated rings. The molecule has 6 heteroatoms. The van der Waals surface area contributed by atoms with Gasteiger partial charge in [0.05, 0.1) is 16.1 Å². The van der Waals surface area contributed by atoms with E-state index in [0.717, 1.165) is 5.56 Å². The summed E-state index contributed by atoms with van der Waals surface area (Å²) in [5.41, 5.74) is 1.50. The highest BCUT2D eigenvalue weighted by Crippen LogP contribution is 2.25. The average molecular weight is 293 g/mol. The zero-order chi connectivity index (χ0) is 10.1. The molecule has 0 N–H and O–H groups in total. The Morgan fingerprint density at radius 2 is 1.71 bits per heavy atom. The Hall–Kier alpha value is -0.580. The highest BCUT2D eigenvalue weighted by molar-refractivity contribution is 9.08. The molecule has 14 heavy (non-hydrogen) atoms. The first kappa shape index (κ1) is 9.96. The Morgan fingerprint density at radius 3 is 2.21 bits per heavy atom. The Kier molecular flexibility index (Phi) is 2.76. The van der Waals surface area contributed by atoms with E-state index in [0.29, 0.717) is 15.9 Å². The molecule has 2 aromatic rings. The lowest BCUT2D eigenvalue weighted by Gasteiger charge is -1.95. The molecular weight excluding hydrogens is 289 g/mol. The van der Waals surface area contributed by atoms with Gasteiger partial charge in [-0.05, 0) is 12.1 Å². The summed E-state index contributed by atoms with van der Waals surface area (Å²) < 4.78 is 1.25. The van der Waals surface area contributed by atoms with E-state index in [-0.39, 0.29) is 0 Å². The molecule has 0 radical (unpaired) electrons. The smallest absolute Gasteiger partial charge is 0.140 e. The zero-order valence-electron chi connectivity index (χ0n) is 6.78. The van der Waals surface area contributed by atoms with Gasteiger partial charge in [0.2, 0.25) is 0 Å². The van der Waals surface area contributed by atoms with E-state index in [1.54, 1.807) is 12.1 Å². The van der Waals surface area contributed by atoms with Crippen molar-refractivity contribution in [2.45, 2.75) is 0 Å². The number of benzene rings is 1. The highest BCUT2D eigenvalue weighted by atomic mass is 79.9. The van der Waals surface area contributed by atoms with Gasteiger partial charge in [-0.2, -0.15) is 0 Å². The average Bonchev–Trinajstić information content (AvgIpc) is 2.47. The fraction of sp³-hybridized carbons (Fsp3) is 0. The molecule has 0 aliphatic heterocycles. The summed E-state index contributed by atoms with van der Waals surface area (Å²) in [5, 5.41) is 8.95. The van der Waals surface area contributed by atoms with Gasteiger partial charge in [0.15, 0.2) is 5.15 Å². The van der Waals surface area contributed by atoms with Gasteiger partial charge in [-0.1, -0.05) is 35.3 Å². The predicted molar refractivity (Wildman–Crippen MR) is 59.8 cm³/mol. The third kappa shape index (κ3) is 1.92. The summed E-state index contributed by atoms with van der Waals surface area (Å²) in [6, 6.07) is 7.23. The number of aromatic nitrogens is 3. The maximum absolute atomic E-state index is 5.86. The van der Waals surface area contributed by atoms with Gasteiger partial charge in [0.25, 0.3) is 0 Å². The minimum atomic E-state index is 0.351. The molecule has 2 rings (SSSR count). The van der Waals surface area contributed by atoms with E-state index in [4.69, 9.17) is 23.2 Å². The van der Waals surface area contributed by atoms with Crippen LogP contribution in [-0.2, 0) is 0 Å². The van der Waals surface area contributed by atoms with Gasteiger partial charge in [0.1, 0.15) is 5.69 Å². The van der Waals surface area contributed by atoms with E-state index < -0.39 is 0 Å². The number of hydrogen-bond acceptors (Lipinski definition) is 2. The van der Waals surface area contributed by atoms with Crippen molar-refractivity contribution in [3.8, 4) is 11.3 Å². The molecule has 0 saturated carbocycles. The van der Waals surface area contributed by atoms with Crippen molar-refractivity contribution < 1.29 is 0 Å². The number of halogens is 3. The SMILES string of the molecule is Clc1ccc(-c2nn(Br)nc2Cl)cc1. The molecule has 0 aliphatic rings. The van der Waals surface area contributed by atoms with Crippen LogP contribution in [0.2, 0.25) is 10.2 Å². The van der Waals surface area contributed by atoms with Gasteiger partial charge in [-0.15, -0.1) is 14.0 Å². The van der Waals surface area contributed by atoms with E-state index in [1.165, 1.54) is 3.82 Å². The molecular formula is C8H4BrCl2N3. The summed E-state index contributed by atoms with van der Waals surface area (Å²) in [5.74, 6) is 0. The van der Waals surface area contributed by atoms with Crippen LogP contribution in [0.15, 0.2) is 24.3 Å². The van der Waals surface area contributed by atoms with Crippen molar-refractivity contribution in [2.24, 2.45) is 0 Å². The maximum Gasteiger partial charge on any atom is 0.180 e. The molecule has 0 atom stereocenters. The zero-order valence-corrected chi connectivity index (χ0v) is 9.88. The molecule has 1 aromatic carbocycles. The molecule has 1 aromatic heterocycles. The Morgan fingerprint density at radius 1 is 1.07 bits per heavy atom. The molecule has 0 aliphatic carbocycles. The fourth-order valence-corrected chi connectivity index (χ4v) is 1.80. The molecule has 0 bridgehead atoms. The second kappa shape index (κ2) is 3.88. The summed E-state index contributed by atoms with van der Waals surface area (Å²) in [6.07, 6.45) is 0. The van der Waals surface area contributed by atoms with Crippen molar-refractivity contribution in [3.05, 3.63) is 34.4 Å². The second-order valence-electron chi connectivity index (χ2n) is 2.59. The normalized spacial score (nSPS) is 10.5. The van der Waals surface area contributed by atoms with Crippen LogP contribution in [0.3, 0.4) is 0 Å². The number of rotatable bonds is 1. The molecule has 3 nitrogen and oxygen atoms in total. The topological polar surface area (TPSA) is 30.7 Å². The lowest BCUT2D eigenvalue weighted by atomic mass is 10.2. The Balaban J connectivity index is 2.49. The first-order valence-corrected chi connectivity index (χ1v) is 5.18. The fourth-order valence-electron chi connectivity index (χ4n) is 1.05. The Labute approximate surface area is 99.0 Å². The van der Waals surface area contributed by atoms with Gasteiger partial charge < -0.3 is 0 Å². The minimum Gasteiger partial charge on any atom is -0.140 e. The highest BCUT2D eigenvalue weighted by Gasteiger charge is 2.09. The third-order valence-electron chi connectivity index (χ3n) is 1.67. The van der Waals surface area contributed by atoms with Crippen LogP contribution in [-0.4, -0.2) is 14.0 Å². The van der Waals surface area contributed by atoms with Gasteiger partial charge in [-0.25, -0.2) is 0 Å². The van der Waals surface area contributed by atoms with E-state index in [1.807, 2.05) is 12.1 Å². The van der Waals surface area contributed by atoms with E-state index in [2.05, 4.69) is 26.3 Å². The minimum absolute atomic E-state index is 0.351. The van der Waals surface area contributed by atoms with Crippen LogP contribution >= 0.6 is 39.3 Å². The van der Waals surface area contributed by atoms with Crippen molar-refractivity contribution >= 4 is 39.3 Å². The summed E-state index contributed by atoms with van der Waals surface area (Å²) in [7, 11) is 0. The quantitative estimate of drug-likeness (QED) is 0.806. The van der Waals surface area contributed by atoms with E-state index in [9.17, 15) is 0 Å². The Bertz CT molecular complexity index is 452. The van der Waals surface area contributed by atoms with Crippen LogP contribution in [0.5, 0.6) is 0 Å². The number of hydrogen-bond donors (Lipinski definition) is 0. The van der Waals surface area contributed by atoms with Crippen molar-refractivity contribution in [2.75, 3.05) is 0 Å². The first-order valence-electron chi connectivity index (χ1n) is 3.72. The summed E-state index contributed by atoms with van der Waals surface area (Å²) >= 11 is 14.7.